The Balaban J connectivity index is 2.15. The highest BCUT2D eigenvalue weighted by molar-refractivity contribution is 7.15. The lowest BCUT2D eigenvalue weighted by atomic mass is 9.93. The summed E-state index contributed by atoms with van der Waals surface area (Å²) >= 11 is 0. The van der Waals surface area contributed by atoms with Crippen molar-refractivity contribution >= 4 is 32.7 Å². The van der Waals surface area contributed by atoms with E-state index in [2.05, 4.69) is 52.7 Å². The van der Waals surface area contributed by atoms with Crippen LogP contribution in [0.1, 0.15) is 18.4 Å². The second-order valence-corrected chi connectivity index (χ2v) is 7.42. The summed E-state index contributed by atoms with van der Waals surface area (Å²) in [5.74, 6) is 1.76. The number of rotatable bonds is 2. The normalized spacial score (nSPS) is 14.5. The minimum atomic E-state index is 0.678. The fourth-order valence-electron chi connectivity index (χ4n) is 3.76. The van der Waals surface area contributed by atoms with Gasteiger partial charge in [-0.3, -0.25) is 0 Å². The zero-order valence-electron chi connectivity index (χ0n) is 16.0. The molecule has 0 amide bonds. The van der Waals surface area contributed by atoms with Crippen LogP contribution in [-0.2, 0) is 6.16 Å². The molecule has 1 unspecified atom stereocenters. The van der Waals surface area contributed by atoms with Crippen LogP contribution in [0, 0.1) is 0 Å². The number of hydrogen-bond donors (Lipinski definition) is 0. The second-order valence-electron chi connectivity index (χ2n) is 7.02. The Kier molecular flexibility index (Phi) is 5.50. The van der Waals surface area contributed by atoms with Gasteiger partial charge >= 0.3 is 0 Å². The number of allylic oxidation sites excluding steroid dienone is 1. The maximum absolute atomic E-state index is 6.24. The lowest BCUT2D eigenvalue weighted by molar-refractivity contribution is 0.264. The summed E-state index contributed by atoms with van der Waals surface area (Å²) in [5, 5.41) is 4.34. The molecule has 0 aliphatic carbocycles. The largest absolute Gasteiger partial charge is 0.493 e. The third-order valence-electron chi connectivity index (χ3n) is 5.17. The van der Waals surface area contributed by atoms with Crippen molar-refractivity contribution in [3.63, 3.8) is 0 Å². The van der Waals surface area contributed by atoms with Crippen LogP contribution in [-0.4, -0.2) is 13.2 Å². The van der Waals surface area contributed by atoms with E-state index in [1.165, 1.54) is 10.9 Å². The minimum absolute atomic E-state index is 0.678. The molecule has 0 bridgehead atoms. The summed E-state index contributed by atoms with van der Waals surface area (Å²) in [4.78, 5) is 0. The first-order chi connectivity index (χ1) is 13.7. The molecule has 2 nitrogen and oxygen atoms in total. The van der Waals surface area contributed by atoms with Gasteiger partial charge in [0.2, 0.25) is 0 Å². The summed E-state index contributed by atoms with van der Waals surface area (Å²) in [5.41, 5.74) is 3.40. The predicted octanol–water partition coefficient (Wildman–Crippen LogP) is 4.81. The maximum atomic E-state index is 6.24. The van der Waals surface area contributed by atoms with Crippen molar-refractivity contribution in [1.29, 1.82) is 0 Å². The zero-order valence-corrected chi connectivity index (χ0v) is 17.2. The van der Waals surface area contributed by atoms with Crippen LogP contribution in [0.2, 0.25) is 0 Å². The molecule has 4 rings (SSSR count). The van der Waals surface area contributed by atoms with Gasteiger partial charge < -0.3 is 9.47 Å². The highest BCUT2D eigenvalue weighted by atomic mass is 31.0. The Morgan fingerprint density at radius 2 is 1.64 bits per heavy atom. The van der Waals surface area contributed by atoms with Crippen molar-refractivity contribution in [2.24, 2.45) is 0 Å². The second kappa shape index (κ2) is 8.20. The first kappa shape index (κ1) is 18.8. The van der Waals surface area contributed by atoms with Crippen molar-refractivity contribution in [3.05, 3.63) is 71.1 Å². The van der Waals surface area contributed by atoms with Crippen LogP contribution >= 0.6 is 9.24 Å². The SMILES string of the molecule is C=C/C=c1/c2c(ccc1=C)OCCCCOc1ccc3cc(CP)ccc3c1-2. The number of hydrogen-bond acceptors (Lipinski definition) is 2. The monoisotopic (exact) mass is 388 g/mol. The average molecular weight is 388 g/mol. The first-order valence-corrected chi connectivity index (χ1v) is 10.5. The summed E-state index contributed by atoms with van der Waals surface area (Å²) in [6, 6.07) is 14.9. The van der Waals surface area contributed by atoms with Gasteiger partial charge in [0.25, 0.3) is 0 Å². The lowest BCUT2D eigenvalue weighted by Gasteiger charge is -2.20. The van der Waals surface area contributed by atoms with Crippen LogP contribution in [0.4, 0.5) is 0 Å². The quantitative estimate of drug-likeness (QED) is 0.587. The molecule has 1 heterocycles. The molecule has 3 aromatic carbocycles. The zero-order chi connectivity index (χ0) is 19.5. The summed E-state index contributed by atoms with van der Waals surface area (Å²) < 4.78 is 12.5. The molecule has 142 valence electrons. The van der Waals surface area contributed by atoms with Gasteiger partial charge in [0.05, 0.1) is 13.2 Å². The number of ether oxygens (including phenoxy) is 2. The molecule has 3 heteroatoms. The molecule has 1 aliphatic rings. The van der Waals surface area contributed by atoms with Gasteiger partial charge in [0.15, 0.2) is 0 Å². The van der Waals surface area contributed by atoms with Crippen molar-refractivity contribution in [3.8, 4) is 22.6 Å². The Labute approximate surface area is 168 Å². The molecule has 0 radical (unpaired) electrons. The molecular formula is C25H25O2P. The minimum Gasteiger partial charge on any atom is -0.493 e. The van der Waals surface area contributed by atoms with Crippen LogP contribution in [0.5, 0.6) is 11.5 Å². The van der Waals surface area contributed by atoms with Crippen LogP contribution in [0.3, 0.4) is 0 Å². The Morgan fingerprint density at radius 3 is 2.36 bits per heavy atom. The molecule has 1 aliphatic heterocycles. The Morgan fingerprint density at radius 1 is 0.929 bits per heavy atom. The van der Waals surface area contributed by atoms with Gasteiger partial charge in [-0.2, -0.15) is 0 Å². The van der Waals surface area contributed by atoms with Crippen molar-refractivity contribution in [2.45, 2.75) is 19.0 Å². The molecular weight excluding hydrogens is 363 g/mol. The number of benzene rings is 3. The van der Waals surface area contributed by atoms with Gasteiger partial charge in [0.1, 0.15) is 11.5 Å². The summed E-state index contributed by atoms with van der Waals surface area (Å²) in [6.45, 7) is 9.51. The molecule has 0 fully saturated rings. The third-order valence-corrected chi connectivity index (χ3v) is 5.64. The third kappa shape index (κ3) is 3.45. The fraction of sp³-hybridized carbons (Fsp3) is 0.200. The lowest BCUT2D eigenvalue weighted by Crippen LogP contribution is -2.26. The molecule has 0 N–H and O–H groups in total. The fourth-order valence-corrected chi connectivity index (χ4v) is 4.02. The van der Waals surface area contributed by atoms with E-state index in [1.54, 1.807) is 6.08 Å². The van der Waals surface area contributed by atoms with E-state index in [1.807, 2.05) is 18.2 Å². The van der Waals surface area contributed by atoms with Crippen molar-refractivity contribution in [1.82, 2.24) is 0 Å². The van der Waals surface area contributed by atoms with E-state index >= 15 is 0 Å². The van der Waals surface area contributed by atoms with E-state index in [-0.39, 0.29) is 0 Å². The topological polar surface area (TPSA) is 18.5 Å². The van der Waals surface area contributed by atoms with E-state index < -0.39 is 0 Å². The molecule has 0 saturated carbocycles. The molecule has 0 aromatic heterocycles. The maximum Gasteiger partial charge on any atom is 0.127 e. The van der Waals surface area contributed by atoms with Crippen molar-refractivity contribution in [2.75, 3.05) is 13.2 Å². The van der Waals surface area contributed by atoms with Crippen LogP contribution in [0.25, 0.3) is 34.6 Å². The predicted molar refractivity (Wildman–Crippen MR) is 122 cm³/mol. The summed E-state index contributed by atoms with van der Waals surface area (Å²) in [7, 11) is 2.79. The van der Waals surface area contributed by atoms with Gasteiger partial charge in [-0.1, -0.05) is 55.6 Å². The number of fused-ring (bicyclic) bond motifs is 5. The smallest absolute Gasteiger partial charge is 0.127 e. The van der Waals surface area contributed by atoms with Gasteiger partial charge in [0, 0.05) is 11.1 Å². The Hall–Kier alpha value is -2.57. The Bertz CT molecular complexity index is 1150. The summed E-state index contributed by atoms with van der Waals surface area (Å²) in [6.07, 6.45) is 6.68. The van der Waals surface area contributed by atoms with E-state index in [0.29, 0.717) is 13.2 Å². The first-order valence-electron chi connectivity index (χ1n) is 9.69. The van der Waals surface area contributed by atoms with E-state index in [4.69, 9.17) is 9.47 Å². The van der Waals surface area contributed by atoms with E-state index in [9.17, 15) is 0 Å². The van der Waals surface area contributed by atoms with Crippen LogP contribution in [0.15, 0.2) is 55.1 Å². The molecule has 0 saturated heterocycles. The van der Waals surface area contributed by atoms with Gasteiger partial charge in [-0.05, 0) is 57.9 Å². The molecule has 28 heavy (non-hydrogen) atoms. The van der Waals surface area contributed by atoms with Crippen LogP contribution < -0.4 is 19.9 Å². The highest BCUT2D eigenvalue weighted by Crippen LogP contribution is 2.40. The average Bonchev–Trinajstić information content (AvgIpc) is 2.72. The van der Waals surface area contributed by atoms with E-state index in [0.717, 1.165) is 57.5 Å². The van der Waals surface area contributed by atoms with Gasteiger partial charge in [-0.25, -0.2) is 0 Å². The highest BCUT2D eigenvalue weighted by Gasteiger charge is 2.18. The molecule has 1 atom stereocenters. The standard InChI is InChI=1S/C25H25O2P/c1-3-6-20-17(2)7-11-22-24(20)25-21-10-8-18(16-28)15-19(21)9-12-23(25)27-14-5-4-13-26-22/h3,6-12,15H,1-2,4-5,13-14,16,28H2/b20-6+. The molecule has 3 aromatic rings. The molecule has 0 spiro atoms. The van der Waals surface area contributed by atoms with Crippen molar-refractivity contribution < 1.29 is 9.47 Å². The van der Waals surface area contributed by atoms with Gasteiger partial charge in [-0.15, -0.1) is 9.24 Å².